The van der Waals surface area contributed by atoms with Crippen LogP contribution in [0.4, 0.5) is 0 Å². The molecule has 0 radical (unpaired) electrons. The lowest BCUT2D eigenvalue weighted by Crippen LogP contribution is -2.03. The average molecular weight is 263 g/mol. The number of rotatable bonds is 2. The highest BCUT2D eigenvalue weighted by molar-refractivity contribution is 5.79. The van der Waals surface area contributed by atoms with Gasteiger partial charge in [0.15, 0.2) is 0 Å². The summed E-state index contributed by atoms with van der Waals surface area (Å²) in [6, 6.07) is 11.0. The Balaban J connectivity index is 1.98. The molecule has 0 amide bonds. The second-order valence-electron chi connectivity index (χ2n) is 5.75. The van der Waals surface area contributed by atoms with E-state index in [9.17, 15) is 0 Å². The molecule has 0 bridgehead atoms. The highest BCUT2D eigenvalue weighted by atomic mass is 14.7. The zero-order valence-corrected chi connectivity index (χ0v) is 12.4. The van der Waals surface area contributed by atoms with Crippen molar-refractivity contribution in [3.63, 3.8) is 0 Å². The van der Waals surface area contributed by atoms with Crippen molar-refractivity contribution < 1.29 is 0 Å². The number of fused-ring (bicyclic) bond motifs is 1. The Kier molecular flexibility index (Phi) is 3.43. The number of aryl methyl sites for hydroxylation is 4. The van der Waals surface area contributed by atoms with Gasteiger partial charge in [0.2, 0.25) is 0 Å². The Morgan fingerprint density at radius 2 is 1.75 bits per heavy atom. The number of hydrogen-bond acceptors (Lipinski definition) is 1. The second-order valence-corrected chi connectivity index (χ2v) is 5.75. The Morgan fingerprint density at radius 1 is 1.00 bits per heavy atom. The van der Waals surface area contributed by atoms with Gasteiger partial charge in [-0.2, -0.15) is 0 Å². The lowest BCUT2D eigenvalue weighted by molar-refractivity contribution is 0.685. The van der Waals surface area contributed by atoms with Gasteiger partial charge in [-0.3, -0.25) is 4.98 Å². The predicted octanol–water partition coefficient (Wildman–Crippen LogP) is 4.64. The number of nitrogens with zero attached hydrogens (tertiary/aromatic N) is 1. The zero-order chi connectivity index (χ0) is 14.1. The maximum atomic E-state index is 4.55. The molecule has 1 heteroatoms. The van der Waals surface area contributed by atoms with Crippen LogP contribution in [0.5, 0.6) is 0 Å². The van der Waals surface area contributed by atoms with Gasteiger partial charge in [-0.15, -0.1) is 0 Å². The van der Waals surface area contributed by atoms with Gasteiger partial charge < -0.3 is 0 Å². The fourth-order valence-corrected chi connectivity index (χ4v) is 3.08. The molecule has 102 valence electrons. The monoisotopic (exact) mass is 263 g/mol. The molecular weight excluding hydrogens is 242 g/mol. The fraction of sp³-hybridized carbons (Fsp3) is 0.316. The number of pyridine rings is 1. The molecule has 1 aliphatic rings. The highest BCUT2D eigenvalue weighted by Crippen LogP contribution is 2.28. The zero-order valence-electron chi connectivity index (χ0n) is 12.4. The first-order chi connectivity index (χ1) is 9.65. The summed E-state index contributed by atoms with van der Waals surface area (Å²) in [5, 5.41) is 0. The van der Waals surface area contributed by atoms with Crippen molar-refractivity contribution in [3.05, 3.63) is 70.6 Å². The lowest BCUT2D eigenvalue weighted by Gasteiger charge is -2.18. The average Bonchev–Trinajstić information content (AvgIpc) is 2.46. The van der Waals surface area contributed by atoms with E-state index in [1.807, 2.05) is 6.92 Å². The maximum Gasteiger partial charge on any atom is 0.0454 e. The summed E-state index contributed by atoms with van der Waals surface area (Å²) in [7, 11) is 0. The van der Waals surface area contributed by atoms with Gasteiger partial charge in [0.05, 0.1) is 0 Å². The molecule has 0 fully saturated rings. The molecule has 20 heavy (non-hydrogen) atoms. The molecule has 0 unspecified atom stereocenters. The fourth-order valence-electron chi connectivity index (χ4n) is 3.08. The molecule has 2 aromatic rings. The Labute approximate surface area is 121 Å². The van der Waals surface area contributed by atoms with E-state index in [1.165, 1.54) is 42.4 Å². The van der Waals surface area contributed by atoms with Gasteiger partial charge in [0.1, 0.15) is 0 Å². The van der Waals surface area contributed by atoms with Crippen LogP contribution in [0.15, 0.2) is 36.9 Å². The largest absolute Gasteiger partial charge is 0.258 e. The minimum Gasteiger partial charge on any atom is -0.258 e. The van der Waals surface area contributed by atoms with E-state index in [-0.39, 0.29) is 0 Å². The summed E-state index contributed by atoms with van der Waals surface area (Å²) in [6.45, 7) is 8.38. The molecule has 1 aromatic carbocycles. The van der Waals surface area contributed by atoms with Crippen LogP contribution in [0.25, 0.3) is 5.57 Å². The molecule has 0 spiro atoms. The van der Waals surface area contributed by atoms with Crippen LogP contribution in [0.1, 0.15) is 46.5 Å². The third-order valence-corrected chi connectivity index (χ3v) is 4.25. The minimum absolute atomic E-state index is 1.06. The van der Waals surface area contributed by atoms with Gasteiger partial charge in [0.25, 0.3) is 0 Å². The molecule has 0 saturated carbocycles. The summed E-state index contributed by atoms with van der Waals surface area (Å²) >= 11 is 0. The van der Waals surface area contributed by atoms with Crippen LogP contribution < -0.4 is 0 Å². The smallest absolute Gasteiger partial charge is 0.0454 e. The van der Waals surface area contributed by atoms with Crippen LogP contribution in [0.2, 0.25) is 0 Å². The van der Waals surface area contributed by atoms with E-state index in [4.69, 9.17) is 0 Å². The molecule has 1 aliphatic carbocycles. The van der Waals surface area contributed by atoms with Gasteiger partial charge >= 0.3 is 0 Å². The number of benzene rings is 1. The van der Waals surface area contributed by atoms with Crippen molar-refractivity contribution in [3.8, 4) is 0 Å². The third-order valence-electron chi connectivity index (χ3n) is 4.25. The van der Waals surface area contributed by atoms with Crippen LogP contribution in [0.3, 0.4) is 0 Å². The molecule has 1 heterocycles. The molecule has 0 atom stereocenters. The van der Waals surface area contributed by atoms with Crippen molar-refractivity contribution in [2.24, 2.45) is 0 Å². The third kappa shape index (κ3) is 2.40. The van der Waals surface area contributed by atoms with E-state index in [2.05, 4.69) is 48.8 Å². The first-order valence-electron chi connectivity index (χ1n) is 7.41. The Morgan fingerprint density at radius 3 is 2.50 bits per heavy atom. The van der Waals surface area contributed by atoms with E-state index in [1.54, 1.807) is 0 Å². The van der Waals surface area contributed by atoms with Crippen LogP contribution in [0, 0.1) is 13.8 Å². The van der Waals surface area contributed by atoms with Gasteiger partial charge in [0, 0.05) is 17.0 Å². The van der Waals surface area contributed by atoms with E-state index < -0.39 is 0 Å². The van der Waals surface area contributed by atoms with Gasteiger partial charge in [-0.05, 0) is 67.9 Å². The lowest BCUT2D eigenvalue weighted by atomic mass is 9.88. The van der Waals surface area contributed by atoms with Crippen molar-refractivity contribution in [2.45, 2.75) is 39.5 Å². The molecular formula is C19H21N. The standard InChI is InChI=1S/C19H21N/c1-13-8-11-19(15(3)20-13)14(2)17-10-9-16-6-4-5-7-18(16)12-17/h8-12H,2,4-7H2,1,3H3. The molecule has 1 aromatic heterocycles. The van der Waals surface area contributed by atoms with Crippen molar-refractivity contribution in [2.75, 3.05) is 0 Å². The topological polar surface area (TPSA) is 12.9 Å². The molecule has 3 rings (SSSR count). The highest BCUT2D eigenvalue weighted by Gasteiger charge is 2.12. The predicted molar refractivity (Wildman–Crippen MR) is 84.9 cm³/mol. The molecule has 0 saturated heterocycles. The Bertz CT molecular complexity index is 667. The quantitative estimate of drug-likeness (QED) is 0.769. The maximum absolute atomic E-state index is 4.55. The summed E-state index contributed by atoms with van der Waals surface area (Å²) in [5.74, 6) is 0. The first kappa shape index (κ1) is 13.1. The molecule has 0 N–H and O–H groups in total. The second kappa shape index (κ2) is 5.24. The van der Waals surface area contributed by atoms with Crippen LogP contribution in [-0.4, -0.2) is 4.98 Å². The van der Waals surface area contributed by atoms with Gasteiger partial charge in [-0.1, -0.05) is 30.8 Å². The van der Waals surface area contributed by atoms with E-state index >= 15 is 0 Å². The van der Waals surface area contributed by atoms with Crippen LogP contribution in [-0.2, 0) is 12.8 Å². The first-order valence-corrected chi connectivity index (χ1v) is 7.41. The molecule has 1 nitrogen and oxygen atoms in total. The summed E-state index contributed by atoms with van der Waals surface area (Å²) in [4.78, 5) is 4.55. The summed E-state index contributed by atoms with van der Waals surface area (Å²) < 4.78 is 0. The summed E-state index contributed by atoms with van der Waals surface area (Å²) in [6.07, 6.45) is 5.08. The normalized spacial score (nSPS) is 13.9. The SMILES string of the molecule is C=C(c1ccc2c(c1)CCCC2)c1ccc(C)nc1C. The van der Waals surface area contributed by atoms with E-state index in [0.29, 0.717) is 0 Å². The Hall–Kier alpha value is -1.89. The summed E-state index contributed by atoms with van der Waals surface area (Å²) in [5.41, 5.74) is 8.63. The van der Waals surface area contributed by atoms with Crippen molar-refractivity contribution >= 4 is 5.57 Å². The molecule has 0 aliphatic heterocycles. The number of hydrogen-bond donors (Lipinski definition) is 0. The van der Waals surface area contributed by atoms with Crippen molar-refractivity contribution in [1.82, 2.24) is 4.98 Å². The van der Waals surface area contributed by atoms with Gasteiger partial charge in [-0.25, -0.2) is 0 Å². The van der Waals surface area contributed by atoms with Crippen LogP contribution >= 0.6 is 0 Å². The minimum atomic E-state index is 1.06. The van der Waals surface area contributed by atoms with Crippen molar-refractivity contribution in [1.29, 1.82) is 0 Å². The van der Waals surface area contributed by atoms with E-state index in [0.717, 1.165) is 22.5 Å². The number of aromatic nitrogens is 1.